The van der Waals surface area contributed by atoms with Crippen LogP contribution in [0.25, 0.3) is 0 Å². The average molecular weight is 227 g/mol. The molecule has 0 saturated heterocycles. The van der Waals surface area contributed by atoms with E-state index in [-0.39, 0.29) is 18.0 Å². The third kappa shape index (κ3) is 5.04. The molecule has 1 rings (SSSR count). The van der Waals surface area contributed by atoms with E-state index in [1.165, 1.54) is 11.3 Å². The third-order valence-electron chi connectivity index (χ3n) is 1.68. The summed E-state index contributed by atoms with van der Waals surface area (Å²) in [7, 11) is 0. The van der Waals surface area contributed by atoms with E-state index in [0.717, 1.165) is 10.7 Å². The van der Waals surface area contributed by atoms with Gasteiger partial charge < -0.3 is 4.74 Å². The van der Waals surface area contributed by atoms with Crippen molar-refractivity contribution >= 4 is 17.1 Å². The maximum Gasteiger partial charge on any atom is 0.165 e. The second-order valence-corrected chi connectivity index (χ2v) is 5.44. The van der Waals surface area contributed by atoms with E-state index in [1.807, 2.05) is 33.1 Å². The number of ether oxygens (including phenoxy) is 1. The number of carbonyl (C=O) groups excluding carboxylic acids is 1. The number of aryl methyl sites for hydroxylation is 1. The Kier molecular flexibility index (Phi) is 3.99. The van der Waals surface area contributed by atoms with Crippen LogP contribution in [0.1, 0.15) is 31.5 Å². The van der Waals surface area contributed by atoms with Crippen LogP contribution in [0.15, 0.2) is 5.38 Å². The lowest BCUT2D eigenvalue weighted by atomic mass is 10.2. The molecule has 1 heterocycles. The SMILES string of the molecule is Cc1csc(CC(=O)COC(C)(C)C)n1. The van der Waals surface area contributed by atoms with Gasteiger partial charge >= 0.3 is 0 Å². The van der Waals surface area contributed by atoms with Gasteiger partial charge in [-0.3, -0.25) is 4.79 Å². The summed E-state index contributed by atoms with van der Waals surface area (Å²) in [5.74, 6) is 0.0827. The number of hydrogen-bond acceptors (Lipinski definition) is 4. The van der Waals surface area contributed by atoms with Gasteiger partial charge in [-0.1, -0.05) is 0 Å². The van der Waals surface area contributed by atoms with Gasteiger partial charge in [0.15, 0.2) is 5.78 Å². The highest BCUT2D eigenvalue weighted by Crippen LogP contribution is 2.11. The number of nitrogens with zero attached hydrogens (tertiary/aromatic N) is 1. The highest BCUT2D eigenvalue weighted by Gasteiger charge is 2.14. The van der Waals surface area contributed by atoms with Crippen molar-refractivity contribution in [2.24, 2.45) is 0 Å². The minimum absolute atomic E-state index is 0.0827. The Morgan fingerprint density at radius 3 is 2.67 bits per heavy atom. The molecule has 1 aromatic rings. The monoisotopic (exact) mass is 227 g/mol. The molecule has 1 aromatic heterocycles. The molecule has 0 bridgehead atoms. The molecule has 0 aliphatic heterocycles. The number of aromatic nitrogens is 1. The van der Waals surface area contributed by atoms with Crippen LogP contribution in [0.4, 0.5) is 0 Å². The predicted molar refractivity (Wildman–Crippen MR) is 61.3 cm³/mol. The van der Waals surface area contributed by atoms with Crippen molar-refractivity contribution < 1.29 is 9.53 Å². The maximum atomic E-state index is 11.5. The first kappa shape index (κ1) is 12.3. The van der Waals surface area contributed by atoms with Crippen molar-refractivity contribution in [1.82, 2.24) is 4.98 Å². The number of carbonyl (C=O) groups is 1. The summed E-state index contributed by atoms with van der Waals surface area (Å²) in [4.78, 5) is 15.7. The molecule has 4 heteroatoms. The van der Waals surface area contributed by atoms with Crippen LogP contribution in [-0.2, 0) is 16.0 Å². The number of hydrogen-bond donors (Lipinski definition) is 0. The smallest absolute Gasteiger partial charge is 0.165 e. The summed E-state index contributed by atoms with van der Waals surface area (Å²) in [6.45, 7) is 7.91. The average Bonchev–Trinajstić information content (AvgIpc) is 2.47. The Labute approximate surface area is 94.5 Å². The molecule has 3 nitrogen and oxygen atoms in total. The Hall–Kier alpha value is -0.740. The molecular weight excluding hydrogens is 210 g/mol. The van der Waals surface area contributed by atoms with E-state index in [9.17, 15) is 4.79 Å². The lowest BCUT2D eigenvalue weighted by molar-refractivity contribution is -0.127. The fourth-order valence-corrected chi connectivity index (χ4v) is 1.80. The maximum absolute atomic E-state index is 11.5. The molecule has 15 heavy (non-hydrogen) atoms. The largest absolute Gasteiger partial charge is 0.368 e. The Morgan fingerprint density at radius 1 is 1.53 bits per heavy atom. The molecule has 0 aliphatic rings. The summed E-state index contributed by atoms with van der Waals surface area (Å²) in [5.41, 5.74) is 0.716. The summed E-state index contributed by atoms with van der Waals surface area (Å²) in [6, 6.07) is 0. The highest BCUT2D eigenvalue weighted by molar-refractivity contribution is 7.09. The molecule has 84 valence electrons. The van der Waals surface area contributed by atoms with E-state index >= 15 is 0 Å². The van der Waals surface area contributed by atoms with Gasteiger partial charge in [-0.05, 0) is 27.7 Å². The van der Waals surface area contributed by atoms with Gasteiger partial charge in [0, 0.05) is 11.1 Å². The third-order valence-corrected chi connectivity index (χ3v) is 2.65. The fourth-order valence-electron chi connectivity index (χ4n) is 1.00. The minimum atomic E-state index is -0.256. The summed E-state index contributed by atoms with van der Waals surface area (Å²) < 4.78 is 5.40. The van der Waals surface area contributed by atoms with Gasteiger partial charge in [-0.2, -0.15) is 0 Å². The molecule has 0 aliphatic carbocycles. The molecule has 0 amide bonds. The van der Waals surface area contributed by atoms with E-state index in [1.54, 1.807) is 0 Å². The van der Waals surface area contributed by atoms with Crippen molar-refractivity contribution in [3.63, 3.8) is 0 Å². The first-order valence-electron chi connectivity index (χ1n) is 4.93. The first-order chi connectivity index (χ1) is 6.87. The van der Waals surface area contributed by atoms with E-state index in [4.69, 9.17) is 4.74 Å². The summed E-state index contributed by atoms with van der Waals surface area (Å²) in [6.07, 6.45) is 0.384. The molecule has 0 aromatic carbocycles. The van der Waals surface area contributed by atoms with E-state index in [0.29, 0.717) is 6.42 Å². The van der Waals surface area contributed by atoms with Gasteiger partial charge in [0.05, 0.1) is 12.0 Å². The zero-order valence-corrected chi connectivity index (χ0v) is 10.5. The van der Waals surface area contributed by atoms with Crippen LogP contribution in [0.2, 0.25) is 0 Å². The Bertz CT molecular complexity index is 339. The topological polar surface area (TPSA) is 39.2 Å². The van der Waals surface area contributed by atoms with Gasteiger partial charge in [0.1, 0.15) is 11.6 Å². The number of Topliss-reactive ketones (excluding diaryl/α,β-unsaturated/α-hetero) is 1. The molecule has 0 saturated carbocycles. The van der Waals surface area contributed by atoms with Crippen LogP contribution >= 0.6 is 11.3 Å². The molecule has 0 fully saturated rings. The molecular formula is C11H17NO2S. The van der Waals surface area contributed by atoms with Crippen molar-refractivity contribution in [3.05, 3.63) is 16.1 Å². The van der Waals surface area contributed by atoms with Crippen molar-refractivity contribution in [2.75, 3.05) is 6.61 Å². The summed E-state index contributed by atoms with van der Waals surface area (Å²) >= 11 is 1.52. The van der Waals surface area contributed by atoms with Crippen LogP contribution in [-0.4, -0.2) is 23.0 Å². The zero-order valence-electron chi connectivity index (χ0n) is 9.66. The second kappa shape index (κ2) is 4.86. The Morgan fingerprint density at radius 2 is 2.20 bits per heavy atom. The van der Waals surface area contributed by atoms with E-state index < -0.39 is 0 Å². The van der Waals surface area contributed by atoms with Crippen LogP contribution < -0.4 is 0 Å². The molecule has 0 N–H and O–H groups in total. The van der Waals surface area contributed by atoms with Gasteiger partial charge in [-0.15, -0.1) is 11.3 Å². The van der Waals surface area contributed by atoms with Crippen molar-refractivity contribution in [2.45, 2.75) is 39.7 Å². The molecule has 0 spiro atoms. The molecule has 0 atom stereocenters. The van der Waals surface area contributed by atoms with Crippen LogP contribution in [0, 0.1) is 6.92 Å². The first-order valence-corrected chi connectivity index (χ1v) is 5.81. The number of rotatable bonds is 4. The number of ketones is 1. The van der Waals surface area contributed by atoms with Gasteiger partial charge in [0.2, 0.25) is 0 Å². The van der Waals surface area contributed by atoms with Crippen LogP contribution in [0.3, 0.4) is 0 Å². The standard InChI is InChI=1S/C11H17NO2S/c1-8-7-15-10(12-8)5-9(13)6-14-11(2,3)4/h7H,5-6H2,1-4H3. The van der Waals surface area contributed by atoms with Crippen LogP contribution in [0.5, 0.6) is 0 Å². The lowest BCUT2D eigenvalue weighted by Crippen LogP contribution is -2.24. The molecule has 0 unspecified atom stereocenters. The van der Waals surface area contributed by atoms with Gasteiger partial charge in [-0.25, -0.2) is 4.98 Å². The lowest BCUT2D eigenvalue weighted by Gasteiger charge is -2.18. The quantitative estimate of drug-likeness (QED) is 0.792. The van der Waals surface area contributed by atoms with E-state index in [2.05, 4.69) is 4.98 Å². The Balaban J connectivity index is 2.37. The fraction of sp³-hybridized carbons (Fsp3) is 0.636. The van der Waals surface area contributed by atoms with Crippen molar-refractivity contribution in [1.29, 1.82) is 0 Å². The normalized spacial score (nSPS) is 11.7. The minimum Gasteiger partial charge on any atom is -0.368 e. The van der Waals surface area contributed by atoms with Crippen molar-refractivity contribution in [3.8, 4) is 0 Å². The highest BCUT2D eigenvalue weighted by atomic mass is 32.1. The second-order valence-electron chi connectivity index (χ2n) is 4.50. The zero-order chi connectivity index (χ0) is 11.5. The van der Waals surface area contributed by atoms with Gasteiger partial charge in [0.25, 0.3) is 0 Å². The predicted octanol–water partition coefficient (Wildman–Crippen LogP) is 2.38. The number of thiazole rings is 1. The molecule has 0 radical (unpaired) electrons. The summed E-state index contributed by atoms with van der Waals surface area (Å²) in [5, 5.41) is 2.82.